The molecule has 11 heteroatoms. The Labute approximate surface area is 204 Å². The van der Waals surface area contributed by atoms with E-state index in [0.29, 0.717) is 29.9 Å². The number of aryl methyl sites for hydroxylation is 2. The standard InChI is InChI=1S/C15H15FN4O.C10H10FN3O/c1-2-10-7-13(21)20-8-11(6-12(16)14(20)18-10)19-15(9-17)4-3-5-15;1-2-7-4-9(15)14-5-6(12)3-8(11)10(14)13-7/h6-8,19H,2-5H2,1H3;3-5H,2,12H2,1H3. The molecule has 0 radical (unpaired) electrons. The van der Waals surface area contributed by atoms with Crippen LogP contribution in [0.5, 0.6) is 0 Å². The molecule has 0 bridgehead atoms. The number of anilines is 2. The predicted molar refractivity (Wildman–Crippen MR) is 132 cm³/mol. The molecule has 0 spiro atoms. The summed E-state index contributed by atoms with van der Waals surface area (Å²) in [6.45, 7) is 3.72. The molecule has 0 aliphatic heterocycles. The molecule has 0 unspecified atom stereocenters. The van der Waals surface area contributed by atoms with E-state index in [2.05, 4.69) is 21.4 Å². The van der Waals surface area contributed by atoms with Crippen molar-refractivity contribution in [3.63, 3.8) is 0 Å². The zero-order valence-corrected chi connectivity index (χ0v) is 19.9. The van der Waals surface area contributed by atoms with Crippen LogP contribution in [0.4, 0.5) is 20.2 Å². The van der Waals surface area contributed by atoms with Gasteiger partial charge in [0.05, 0.1) is 17.4 Å². The van der Waals surface area contributed by atoms with Gasteiger partial charge in [0.2, 0.25) is 0 Å². The maximum atomic E-state index is 14.2. The molecule has 3 N–H and O–H groups in total. The summed E-state index contributed by atoms with van der Waals surface area (Å²) in [6.07, 6.45) is 6.46. The molecule has 5 rings (SSSR count). The van der Waals surface area contributed by atoms with E-state index in [-0.39, 0.29) is 28.1 Å². The zero-order valence-electron chi connectivity index (χ0n) is 19.9. The van der Waals surface area contributed by atoms with Crippen molar-refractivity contribution in [2.24, 2.45) is 0 Å². The predicted octanol–water partition coefficient (Wildman–Crippen LogP) is 3.23. The van der Waals surface area contributed by atoms with Crippen LogP contribution in [0, 0.1) is 23.0 Å². The van der Waals surface area contributed by atoms with Gasteiger partial charge in [-0.2, -0.15) is 5.26 Å². The highest BCUT2D eigenvalue weighted by atomic mass is 19.1. The van der Waals surface area contributed by atoms with Crippen molar-refractivity contribution in [2.75, 3.05) is 11.1 Å². The average Bonchev–Trinajstić information content (AvgIpc) is 2.83. The minimum atomic E-state index is -0.638. The van der Waals surface area contributed by atoms with Crippen molar-refractivity contribution >= 4 is 22.7 Å². The Kier molecular flexibility index (Phi) is 6.70. The van der Waals surface area contributed by atoms with Crippen molar-refractivity contribution in [3.8, 4) is 6.07 Å². The first-order valence-electron chi connectivity index (χ1n) is 11.6. The van der Waals surface area contributed by atoms with Gasteiger partial charge >= 0.3 is 0 Å². The zero-order chi connectivity index (χ0) is 26.0. The molecule has 0 atom stereocenters. The van der Waals surface area contributed by atoms with Crippen LogP contribution in [-0.2, 0) is 12.8 Å². The average molecular weight is 494 g/mol. The number of hydrogen-bond acceptors (Lipinski definition) is 7. The highest BCUT2D eigenvalue weighted by molar-refractivity contribution is 5.54. The second-order valence-corrected chi connectivity index (χ2v) is 8.64. The molecular weight excluding hydrogens is 468 g/mol. The van der Waals surface area contributed by atoms with Gasteiger partial charge in [-0.1, -0.05) is 13.8 Å². The minimum absolute atomic E-state index is 0.0181. The van der Waals surface area contributed by atoms with E-state index in [1.54, 1.807) is 0 Å². The van der Waals surface area contributed by atoms with Gasteiger partial charge in [-0.15, -0.1) is 0 Å². The van der Waals surface area contributed by atoms with Crippen molar-refractivity contribution in [2.45, 2.75) is 51.5 Å². The van der Waals surface area contributed by atoms with Crippen LogP contribution >= 0.6 is 0 Å². The van der Waals surface area contributed by atoms with Crippen LogP contribution < -0.4 is 22.2 Å². The van der Waals surface area contributed by atoms with Crippen LogP contribution in [-0.4, -0.2) is 24.3 Å². The summed E-state index contributed by atoms with van der Waals surface area (Å²) in [5.74, 6) is -1.15. The number of aromatic nitrogens is 4. The number of rotatable bonds is 4. The number of nitrogens with zero attached hydrogens (tertiary/aromatic N) is 5. The summed E-state index contributed by atoms with van der Waals surface area (Å²) in [5.41, 5.74) is 5.96. The highest BCUT2D eigenvalue weighted by Gasteiger charge is 2.37. The molecule has 186 valence electrons. The number of pyridine rings is 2. The molecule has 1 fully saturated rings. The van der Waals surface area contributed by atoms with Gasteiger partial charge in [-0.05, 0) is 32.1 Å². The van der Waals surface area contributed by atoms with Gasteiger partial charge in [-0.25, -0.2) is 18.7 Å². The van der Waals surface area contributed by atoms with Crippen molar-refractivity contribution in [1.82, 2.24) is 18.8 Å². The third-order valence-electron chi connectivity index (χ3n) is 6.09. The van der Waals surface area contributed by atoms with Gasteiger partial charge in [0, 0.05) is 48.0 Å². The van der Waals surface area contributed by atoms with E-state index in [9.17, 15) is 23.6 Å². The Morgan fingerprint density at radius 1 is 0.972 bits per heavy atom. The van der Waals surface area contributed by atoms with Crippen LogP contribution in [0.1, 0.15) is 44.5 Å². The number of fused-ring (bicyclic) bond motifs is 2. The van der Waals surface area contributed by atoms with Gasteiger partial charge in [0.1, 0.15) is 5.54 Å². The van der Waals surface area contributed by atoms with E-state index < -0.39 is 17.2 Å². The smallest absolute Gasteiger partial charge is 0.258 e. The lowest BCUT2D eigenvalue weighted by molar-refractivity contribution is 0.356. The van der Waals surface area contributed by atoms with Crippen LogP contribution in [0.15, 0.2) is 46.2 Å². The summed E-state index contributed by atoms with van der Waals surface area (Å²) in [4.78, 5) is 31.8. The SMILES string of the molecule is CCc1cc(=O)n2cc(N)cc(F)c2n1.CCc1cc(=O)n2cc(NC3(C#N)CCC3)cc(F)c2n1. The number of nitriles is 1. The monoisotopic (exact) mass is 493 g/mol. The number of hydrogen-bond donors (Lipinski definition) is 2. The lowest BCUT2D eigenvalue weighted by Crippen LogP contribution is -2.43. The lowest BCUT2D eigenvalue weighted by Gasteiger charge is -2.36. The minimum Gasteiger partial charge on any atom is -0.397 e. The van der Waals surface area contributed by atoms with Gasteiger partial charge < -0.3 is 11.1 Å². The van der Waals surface area contributed by atoms with Gasteiger partial charge in [0.25, 0.3) is 11.1 Å². The summed E-state index contributed by atoms with van der Waals surface area (Å²) >= 11 is 0. The fourth-order valence-corrected chi connectivity index (χ4v) is 3.94. The first-order valence-corrected chi connectivity index (χ1v) is 11.6. The fraction of sp³-hybridized carbons (Fsp3) is 0.320. The van der Waals surface area contributed by atoms with Gasteiger partial charge in [0.15, 0.2) is 22.9 Å². The Balaban J connectivity index is 0.000000179. The van der Waals surface area contributed by atoms with Crippen molar-refractivity contribution in [1.29, 1.82) is 5.26 Å². The first kappa shape index (κ1) is 24.8. The summed E-state index contributed by atoms with van der Waals surface area (Å²) in [5, 5.41) is 12.3. The normalized spacial score (nSPS) is 14.0. The summed E-state index contributed by atoms with van der Waals surface area (Å²) < 4.78 is 29.9. The number of nitrogens with two attached hydrogens (primary N) is 1. The van der Waals surface area contributed by atoms with E-state index in [1.165, 1.54) is 35.0 Å². The first-order chi connectivity index (χ1) is 17.2. The second-order valence-electron chi connectivity index (χ2n) is 8.64. The van der Waals surface area contributed by atoms with Crippen molar-refractivity contribution < 1.29 is 8.78 Å². The number of nitrogen functional groups attached to an aromatic ring is 1. The second kappa shape index (κ2) is 9.73. The highest BCUT2D eigenvalue weighted by Crippen LogP contribution is 2.34. The van der Waals surface area contributed by atoms with Gasteiger partial charge in [-0.3, -0.25) is 18.4 Å². The van der Waals surface area contributed by atoms with Crippen LogP contribution in [0.25, 0.3) is 11.3 Å². The Morgan fingerprint density at radius 3 is 1.97 bits per heavy atom. The topological polar surface area (TPSA) is 131 Å². The van der Waals surface area contributed by atoms with Crippen LogP contribution in [0.2, 0.25) is 0 Å². The summed E-state index contributed by atoms with van der Waals surface area (Å²) in [6, 6.07) is 7.45. The molecule has 0 amide bonds. The lowest BCUT2D eigenvalue weighted by atomic mass is 9.78. The van der Waals surface area contributed by atoms with E-state index in [4.69, 9.17) is 5.73 Å². The Morgan fingerprint density at radius 2 is 1.50 bits per heavy atom. The largest absolute Gasteiger partial charge is 0.397 e. The number of halogens is 2. The summed E-state index contributed by atoms with van der Waals surface area (Å²) in [7, 11) is 0. The van der Waals surface area contributed by atoms with Crippen LogP contribution in [0.3, 0.4) is 0 Å². The molecular formula is C25H25F2N7O2. The quantitative estimate of drug-likeness (QED) is 0.446. The van der Waals surface area contributed by atoms with E-state index in [0.717, 1.165) is 29.7 Å². The third-order valence-corrected chi connectivity index (χ3v) is 6.09. The molecule has 0 aromatic carbocycles. The molecule has 1 aliphatic rings. The molecule has 4 aromatic heterocycles. The molecule has 4 heterocycles. The molecule has 1 aliphatic carbocycles. The molecule has 1 saturated carbocycles. The Hall–Kier alpha value is -4.33. The maximum absolute atomic E-state index is 14.2. The fourth-order valence-electron chi connectivity index (χ4n) is 3.94. The number of nitrogens with one attached hydrogen (secondary N) is 1. The maximum Gasteiger partial charge on any atom is 0.258 e. The molecule has 9 nitrogen and oxygen atoms in total. The molecule has 4 aromatic rings. The third kappa shape index (κ3) is 4.75. The molecule has 0 saturated heterocycles. The van der Waals surface area contributed by atoms with E-state index in [1.807, 2.05) is 13.8 Å². The molecule has 36 heavy (non-hydrogen) atoms. The van der Waals surface area contributed by atoms with E-state index >= 15 is 0 Å². The Bertz CT molecular complexity index is 1620. The van der Waals surface area contributed by atoms with Crippen molar-refractivity contribution in [3.05, 3.63) is 80.4 Å².